The predicted octanol–water partition coefficient (Wildman–Crippen LogP) is 3.17. The molecule has 190 valence electrons. The summed E-state index contributed by atoms with van der Waals surface area (Å²) in [5, 5.41) is 9.16. The Morgan fingerprint density at radius 1 is 1.26 bits per heavy atom. The van der Waals surface area contributed by atoms with Gasteiger partial charge in [0.1, 0.15) is 6.04 Å². The molecule has 3 fully saturated rings. The highest BCUT2D eigenvalue weighted by molar-refractivity contribution is 8.02. The summed E-state index contributed by atoms with van der Waals surface area (Å²) in [5.74, 6) is -1.47. The number of rotatable bonds is 14. The van der Waals surface area contributed by atoms with Crippen LogP contribution in [0.1, 0.15) is 58.8 Å². The number of esters is 1. The van der Waals surface area contributed by atoms with Gasteiger partial charge in [0.15, 0.2) is 0 Å². The highest BCUT2D eigenvalue weighted by Crippen LogP contribution is 2.66. The number of aliphatic hydroxyl groups excluding tert-OH is 1. The van der Waals surface area contributed by atoms with Crippen LogP contribution in [-0.2, 0) is 19.1 Å². The van der Waals surface area contributed by atoms with Crippen LogP contribution in [0.3, 0.4) is 0 Å². The summed E-state index contributed by atoms with van der Waals surface area (Å²) in [4.78, 5) is 44.5. The zero-order valence-corrected chi connectivity index (χ0v) is 21.4. The molecule has 2 bridgehead atoms. The molecule has 0 saturated carbocycles. The summed E-state index contributed by atoms with van der Waals surface area (Å²) in [6.45, 7) is 12.8. The minimum absolute atomic E-state index is 0.0135. The Labute approximate surface area is 208 Å². The van der Waals surface area contributed by atoms with Gasteiger partial charge in [-0.25, -0.2) is 0 Å². The Balaban J connectivity index is 1.90. The van der Waals surface area contributed by atoms with Crippen LogP contribution >= 0.6 is 11.8 Å². The van der Waals surface area contributed by atoms with Crippen molar-refractivity contribution < 1.29 is 24.2 Å². The molecule has 2 unspecified atom stereocenters. The normalized spacial score (nSPS) is 29.4. The zero-order valence-electron chi connectivity index (χ0n) is 20.6. The number of allylic oxidation sites excluding steroid dienone is 1. The van der Waals surface area contributed by atoms with Gasteiger partial charge >= 0.3 is 5.97 Å². The molecule has 1 N–H and O–H groups in total. The molecule has 3 aliphatic rings. The number of carbonyl (C=O) groups is 3. The zero-order chi connectivity index (χ0) is 24.9. The van der Waals surface area contributed by atoms with Gasteiger partial charge in [-0.3, -0.25) is 14.4 Å². The summed E-state index contributed by atoms with van der Waals surface area (Å²) in [6.07, 6.45) is 8.73. The topological polar surface area (TPSA) is 87.1 Å². The number of amides is 2. The van der Waals surface area contributed by atoms with Crippen molar-refractivity contribution in [1.82, 2.24) is 9.80 Å². The molecule has 3 saturated heterocycles. The predicted molar refractivity (Wildman–Crippen MR) is 134 cm³/mol. The highest BCUT2D eigenvalue weighted by atomic mass is 32.2. The molecule has 5 atom stereocenters. The first-order chi connectivity index (χ1) is 16.3. The second-order valence-corrected chi connectivity index (χ2v) is 11.4. The lowest BCUT2D eigenvalue weighted by atomic mass is 9.71. The second-order valence-electron chi connectivity index (χ2n) is 9.84. The van der Waals surface area contributed by atoms with Crippen LogP contribution < -0.4 is 0 Å². The van der Waals surface area contributed by atoms with E-state index in [1.807, 2.05) is 13.8 Å². The van der Waals surface area contributed by atoms with Gasteiger partial charge in [-0.2, -0.15) is 0 Å². The van der Waals surface area contributed by atoms with Crippen molar-refractivity contribution in [3.05, 3.63) is 25.3 Å². The first kappa shape index (κ1) is 26.8. The Morgan fingerprint density at radius 2 is 2.03 bits per heavy atom. The molecule has 1 spiro atoms. The molecular formula is C26H40N2O5S. The van der Waals surface area contributed by atoms with Gasteiger partial charge in [0.2, 0.25) is 11.8 Å². The molecule has 3 rings (SSSR count). The second kappa shape index (κ2) is 11.8. The van der Waals surface area contributed by atoms with Crippen LogP contribution in [0.15, 0.2) is 25.3 Å². The van der Waals surface area contributed by atoms with Crippen molar-refractivity contribution in [2.75, 3.05) is 26.3 Å². The molecule has 0 aromatic carbocycles. The van der Waals surface area contributed by atoms with E-state index in [0.717, 1.165) is 25.7 Å². The number of carbonyl (C=O) groups excluding carboxylic acids is 3. The largest absolute Gasteiger partial charge is 0.465 e. The van der Waals surface area contributed by atoms with Crippen molar-refractivity contribution >= 4 is 29.5 Å². The fraction of sp³-hybridized carbons (Fsp3) is 0.731. The first-order valence-corrected chi connectivity index (χ1v) is 13.5. The number of aliphatic hydroxyl groups is 1. The van der Waals surface area contributed by atoms with Crippen molar-refractivity contribution in [3.8, 4) is 0 Å². The summed E-state index contributed by atoms with van der Waals surface area (Å²) in [5.41, 5.74) is 0. The Bertz CT molecular complexity index is 787. The smallest absolute Gasteiger partial charge is 0.310 e. The lowest BCUT2D eigenvalue weighted by Crippen LogP contribution is -2.56. The summed E-state index contributed by atoms with van der Waals surface area (Å²) >= 11 is 1.67. The average Bonchev–Trinajstić information content (AvgIpc) is 3.45. The van der Waals surface area contributed by atoms with E-state index >= 15 is 0 Å². The van der Waals surface area contributed by atoms with Crippen LogP contribution in [0, 0.1) is 11.8 Å². The fourth-order valence-electron chi connectivity index (χ4n) is 5.86. The lowest BCUT2D eigenvalue weighted by Gasteiger charge is -2.38. The molecule has 0 aliphatic carbocycles. The van der Waals surface area contributed by atoms with Gasteiger partial charge in [-0.05, 0) is 58.8 Å². The number of likely N-dealkylation sites (tertiary alicyclic amines) is 1. The third-order valence-electron chi connectivity index (χ3n) is 7.39. The van der Waals surface area contributed by atoms with Crippen LogP contribution in [-0.4, -0.2) is 81.1 Å². The number of fused-ring (bicyclic) bond motifs is 1. The molecule has 7 nitrogen and oxygen atoms in total. The molecule has 2 amide bonds. The van der Waals surface area contributed by atoms with Gasteiger partial charge in [-0.1, -0.05) is 12.2 Å². The monoisotopic (exact) mass is 492 g/mol. The van der Waals surface area contributed by atoms with Crippen LogP contribution in [0.5, 0.6) is 0 Å². The third-order valence-corrected chi connectivity index (χ3v) is 9.34. The Morgan fingerprint density at radius 3 is 2.68 bits per heavy atom. The number of hydrogen-bond donors (Lipinski definition) is 1. The van der Waals surface area contributed by atoms with E-state index in [0.29, 0.717) is 39.0 Å². The van der Waals surface area contributed by atoms with E-state index in [4.69, 9.17) is 9.84 Å². The molecule has 34 heavy (non-hydrogen) atoms. The quantitative estimate of drug-likeness (QED) is 0.228. The van der Waals surface area contributed by atoms with E-state index in [1.54, 1.807) is 33.7 Å². The summed E-state index contributed by atoms with van der Waals surface area (Å²) < 4.78 is 5.01. The van der Waals surface area contributed by atoms with Crippen molar-refractivity contribution in [1.29, 1.82) is 0 Å². The molecule has 0 aromatic rings. The average molecular weight is 493 g/mol. The summed E-state index contributed by atoms with van der Waals surface area (Å²) in [6, 6.07) is -0.614. The molecular weight excluding hydrogens is 452 g/mol. The molecule has 8 heteroatoms. The third kappa shape index (κ3) is 4.94. The van der Waals surface area contributed by atoms with E-state index in [2.05, 4.69) is 13.2 Å². The maximum Gasteiger partial charge on any atom is 0.310 e. The molecule has 3 aliphatic heterocycles. The minimum atomic E-state index is -0.588. The number of nitrogens with zero attached hydrogens (tertiary/aromatic N) is 2. The number of thioether (sulfide) groups is 1. The summed E-state index contributed by atoms with van der Waals surface area (Å²) in [7, 11) is 0. The van der Waals surface area contributed by atoms with Gasteiger partial charge < -0.3 is 19.6 Å². The van der Waals surface area contributed by atoms with Crippen molar-refractivity contribution in [2.24, 2.45) is 11.8 Å². The maximum absolute atomic E-state index is 14.0. The minimum Gasteiger partial charge on any atom is -0.465 e. The number of ether oxygens (including phenoxy) is 1. The van der Waals surface area contributed by atoms with Crippen LogP contribution in [0.4, 0.5) is 0 Å². The van der Waals surface area contributed by atoms with E-state index in [1.165, 1.54) is 0 Å². The van der Waals surface area contributed by atoms with Gasteiger partial charge in [0.05, 0.1) is 23.2 Å². The fourth-order valence-corrected chi connectivity index (χ4v) is 8.06. The van der Waals surface area contributed by atoms with Crippen molar-refractivity contribution in [3.63, 3.8) is 0 Å². The van der Waals surface area contributed by atoms with Crippen LogP contribution in [0.25, 0.3) is 0 Å². The van der Waals surface area contributed by atoms with E-state index in [-0.39, 0.29) is 35.7 Å². The molecule has 0 aromatic heterocycles. The van der Waals surface area contributed by atoms with Crippen LogP contribution in [0.2, 0.25) is 0 Å². The van der Waals surface area contributed by atoms with Gasteiger partial charge in [0.25, 0.3) is 0 Å². The van der Waals surface area contributed by atoms with E-state index < -0.39 is 22.6 Å². The van der Waals surface area contributed by atoms with E-state index in [9.17, 15) is 14.4 Å². The lowest BCUT2D eigenvalue weighted by molar-refractivity contribution is -0.154. The van der Waals surface area contributed by atoms with Gasteiger partial charge in [-0.15, -0.1) is 24.9 Å². The Hall–Kier alpha value is -1.80. The number of unbranched alkanes of at least 4 members (excludes halogenated alkanes) is 3. The first-order valence-electron chi connectivity index (χ1n) is 12.6. The molecule has 3 heterocycles. The highest BCUT2D eigenvalue weighted by Gasteiger charge is 2.74. The van der Waals surface area contributed by atoms with Crippen molar-refractivity contribution in [2.45, 2.75) is 80.9 Å². The molecule has 0 radical (unpaired) electrons. The van der Waals surface area contributed by atoms with Gasteiger partial charge in [0, 0.05) is 31.0 Å². The SMILES string of the molecule is C=CCCCOC(=O)[C@@H]1[C@H]2C(=O)N(CCCCCO)C(C(=O)N(CC=C)C(C)C)C23CC[C@H]1S3. The number of hydrogen-bond acceptors (Lipinski definition) is 6. The standard InChI is InChI=1S/C26H40N2O5S/c1-5-7-11-17-33-25(32)20-19-12-13-26(34-19)21(20)23(30)28(15-9-8-10-16-29)22(26)24(31)27(14-6-2)18(3)4/h5-6,18-22,29H,1-2,7-17H2,3-4H3/t19-,20+,21+,22?,26?/m1/s1. The maximum atomic E-state index is 14.0. The Kier molecular flexibility index (Phi) is 9.27.